The number of carbonyl (C=O) groups is 1. The summed E-state index contributed by atoms with van der Waals surface area (Å²) in [6, 6.07) is 12.8. The molecule has 3 nitrogen and oxygen atoms in total. The third-order valence-electron chi connectivity index (χ3n) is 5.20. The summed E-state index contributed by atoms with van der Waals surface area (Å²) in [7, 11) is 2.23. The lowest BCUT2D eigenvalue weighted by Crippen LogP contribution is -2.39. The predicted molar refractivity (Wildman–Crippen MR) is 110 cm³/mol. The van der Waals surface area contributed by atoms with E-state index in [4.69, 9.17) is 0 Å². The fourth-order valence-corrected chi connectivity index (χ4v) is 4.66. The van der Waals surface area contributed by atoms with Gasteiger partial charge in [0.1, 0.15) is 0 Å². The summed E-state index contributed by atoms with van der Waals surface area (Å²) < 4.78 is 0. The molecule has 1 unspecified atom stereocenters. The minimum absolute atomic E-state index is 0.172. The number of Topliss-reactive ketones (excluding diaryl/α,β-unsaturated/α-hetero) is 1. The number of rotatable bonds is 8. The zero-order valence-corrected chi connectivity index (χ0v) is 16.8. The molecule has 1 saturated heterocycles. The Morgan fingerprint density at radius 2 is 2.08 bits per heavy atom. The van der Waals surface area contributed by atoms with E-state index in [2.05, 4.69) is 58.6 Å². The average Bonchev–Trinajstić information content (AvgIpc) is 3.09. The third kappa shape index (κ3) is 5.76. The van der Waals surface area contributed by atoms with Gasteiger partial charge in [0.05, 0.1) is 4.88 Å². The molecule has 1 aliphatic rings. The van der Waals surface area contributed by atoms with Crippen LogP contribution in [-0.4, -0.2) is 48.8 Å². The first-order chi connectivity index (χ1) is 12.6. The molecule has 0 spiro atoms. The Morgan fingerprint density at radius 1 is 1.27 bits per heavy atom. The molecule has 140 valence electrons. The van der Waals surface area contributed by atoms with Crippen LogP contribution in [0.25, 0.3) is 0 Å². The van der Waals surface area contributed by atoms with Gasteiger partial charge < -0.3 is 4.90 Å². The summed E-state index contributed by atoms with van der Waals surface area (Å²) in [5.74, 6) is 0.918. The summed E-state index contributed by atoms with van der Waals surface area (Å²) in [5.41, 5.74) is 2.67. The maximum absolute atomic E-state index is 11.6. The average molecular weight is 371 g/mol. The zero-order valence-electron chi connectivity index (χ0n) is 16.0. The van der Waals surface area contributed by atoms with Gasteiger partial charge in [0.15, 0.2) is 5.78 Å². The van der Waals surface area contributed by atoms with Gasteiger partial charge in [0.2, 0.25) is 0 Å². The molecule has 4 heteroatoms. The van der Waals surface area contributed by atoms with Crippen molar-refractivity contribution in [2.45, 2.75) is 32.7 Å². The molecule has 1 aromatic heterocycles. The predicted octanol–water partition coefficient (Wildman–Crippen LogP) is 4.34. The molecular weight excluding hydrogens is 340 g/mol. The summed E-state index contributed by atoms with van der Waals surface area (Å²) >= 11 is 1.58. The molecule has 1 fully saturated rings. The van der Waals surface area contributed by atoms with Crippen molar-refractivity contribution in [2.75, 3.05) is 33.2 Å². The van der Waals surface area contributed by atoms with Gasteiger partial charge in [-0.15, -0.1) is 11.3 Å². The maximum Gasteiger partial charge on any atom is 0.169 e. The van der Waals surface area contributed by atoms with Crippen molar-refractivity contribution in [2.24, 2.45) is 5.92 Å². The van der Waals surface area contributed by atoms with Crippen LogP contribution < -0.4 is 0 Å². The number of nitrogens with zero attached hydrogens (tertiary/aromatic N) is 2. The SMILES string of the molecule is CC(=O)c1cc(CN(CCc2ccccc2)CC2CCCN(C)C2)cs1. The van der Waals surface area contributed by atoms with Crippen LogP contribution in [-0.2, 0) is 13.0 Å². The van der Waals surface area contributed by atoms with E-state index < -0.39 is 0 Å². The molecule has 26 heavy (non-hydrogen) atoms. The minimum Gasteiger partial charge on any atom is -0.306 e. The highest BCUT2D eigenvalue weighted by molar-refractivity contribution is 7.12. The van der Waals surface area contributed by atoms with Crippen LogP contribution in [0.2, 0.25) is 0 Å². The van der Waals surface area contributed by atoms with Crippen molar-refractivity contribution < 1.29 is 4.79 Å². The van der Waals surface area contributed by atoms with Crippen molar-refractivity contribution in [3.05, 3.63) is 57.8 Å². The van der Waals surface area contributed by atoms with Crippen LogP contribution in [0.5, 0.6) is 0 Å². The number of hydrogen-bond donors (Lipinski definition) is 0. The molecule has 2 aromatic rings. The number of benzene rings is 1. The number of likely N-dealkylation sites (tertiary alicyclic amines) is 1. The molecular formula is C22H30N2OS. The summed E-state index contributed by atoms with van der Waals surface area (Å²) in [6.45, 7) is 7.23. The van der Waals surface area contributed by atoms with Gasteiger partial charge in [-0.1, -0.05) is 30.3 Å². The third-order valence-corrected chi connectivity index (χ3v) is 6.28. The van der Waals surface area contributed by atoms with Gasteiger partial charge in [-0.05, 0) is 68.3 Å². The van der Waals surface area contributed by atoms with Crippen molar-refractivity contribution >= 4 is 17.1 Å². The summed E-state index contributed by atoms with van der Waals surface area (Å²) in [5, 5.41) is 2.15. The van der Waals surface area contributed by atoms with E-state index in [1.54, 1.807) is 18.3 Å². The van der Waals surface area contributed by atoms with E-state index in [1.165, 1.54) is 37.1 Å². The molecule has 2 heterocycles. The van der Waals surface area contributed by atoms with Crippen LogP contribution in [0.1, 0.15) is 40.6 Å². The summed E-state index contributed by atoms with van der Waals surface area (Å²) in [6.07, 6.45) is 3.71. The van der Waals surface area contributed by atoms with E-state index >= 15 is 0 Å². The van der Waals surface area contributed by atoms with Gasteiger partial charge in [0, 0.05) is 26.2 Å². The number of piperidine rings is 1. The lowest BCUT2D eigenvalue weighted by Gasteiger charge is -2.33. The van der Waals surface area contributed by atoms with E-state index in [9.17, 15) is 4.79 Å². The van der Waals surface area contributed by atoms with Crippen LogP contribution in [0.3, 0.4) is 0 Å². The molecule has 0 radical (unpaired) electrons. The maximum atomic E-state index is 11.6. The van der Waals surface area contributed by atoms with Gasteiger partial charge in [-0.3, -0.25) is 9.69 Å². The van der Waals surface area contributed by atoms with Crippen LogP contribution >= 0.6 is 11.3 Å². The Hall–Kier alpha value is -1.49. The van der Waals surface area contributed by atoms with Crippen molar-refractivity contribution in [1.29, 1.82) is 0 Å². The Labute approximate surface area is 161 Å². The normalized spacial score (nSPS) is 18.3. The summed E-state index contributed by atoms with van der Waals surface area (Å²) in [4.78, 5) is 17.5. The molecule has 1 aliphatic heterocycles. The Morgan fingerprint density at radius 3 is 2.77 bits per heavy atom. The second-order valence-electron chi connectivity index (χ2n) is 7.62. The van der Waals surface area contributed by atoms with Gasteiger partial charge >= 0.3 is 0 Å². The molecule has 3 rings (SSSR count). The fraction of sp³-hybridized carbons (Fsp3) is 0.500. The Kier molecular flexibility index (Phi) is 7.00. The van der Waals surface area contributed by atoms with Crippen LogP contribution in [0.15, 0.2) is 41.8 Å². The van der Waals surface area contributed by atoms with Crippen molar-refractivity contribution in [1.82, 2.24) is 9.80 Å². The minimum atomic E-state index is 0.172. The molecule has 1 aromatic carbocycles. The highest BCUT2D eigenvalue weighted by Gasteiger charge is 2.20. The second-order valence-corrected chi connectivity index (χ2v) is 8.53. The van der Waals surface area contributed by atoms with Crippen LogP contribution in [0.4, 0.5) is 0 Å². The van der Waals surface area contributed by atoms with Crippen LogP contribution in [0, 0.1) is 5.92 Å². The van der Waals surface area contributed by atoms with Gasteiger partial charge in [0.25, 0.3) is 0 Å². The second kappa shape index (κ2) is 9.45. The van der Waals surface area contributed by atoms with E-state index in [0.29, 0.717) is 0 Å². The molecule has 0 bridgehead atoms. The quantitative estimate of drug-likeness (QED) is 0.646. The largest absolute Gasteiger partial charge is 0.306 e. The standard InChI is InChI=1S/C22H30N2OS/c1-18(25)22-13-21(17-26-22)16-24(12-10-19-7-4-3-5-8-19)15-20-9-6-11-23(2)14-20/h3-5,7-8,13,17,20H,6,9-12,14-16H2,1-2H3. The molecule has 0 amide bonds. The molecule has 0 saturated carbocycles. The number of thiophene rings is 1. The van der Waals surface area contributed by atoms with E-state index in [-0.39, 0.29) is 5.78 Å². The first kappa shape index (κ1) is 19.3. The van der Waals surface area contributed by atoms with Gasteiger partial charge in [-0.2, -0.15) is 0 Å². The molecule has 0 aliphatic carbocycles. The number of ketones is 1. The first-order valence-corrected chi connectivity index (χ1v) is 10.5. The molecule has 1 atom stereocenters. The highest BCUT2D eigenvalue weighted by Crippen LogP contribution is 2.21. The van der Waals surface area contributed by atoms with E-state index in [0.717, 1.165) is 36.9 Å². The lowest BCUT2D eigenvalue weighted by molar-refractivity contribution is 0.102. The van der Waals surface area contributed by atoms with Crippen molar-refractivity contribution in [3.8, 4) is 0 Å². The molecule has 0 N–H and O–H groups in total. The Balaban J connectivity index is 1.64. The topological polar surface area (TPSA) is 23.6 Å². The van der Waals surface area contributed by atoms with Crippen molar-refractivity contribution in [3.63, 3.8) is 0 Å². The monoisotopic (exact) mass is 370 g/mol. The van der Waals surface area contributed by atoms with E-state index in [1.807, 2.05) is 0 Å². The lowest BCUT2D eigenvalue weighted by atomic mass is 9.97. The first-order valence-electron chi connectivity index (χ1n) is 9.63. The smallest absolute Gasteiger partial charge is 0.169 e. The fourth-order valence-electron chi connectivity index (χ4n) is 3.86. The van der Waals surface area contributed by atoms with Gasteiger partial charge in [-0.25, -0.2) is 0 Å². The highest BCUT2D eigenvalue weighted by atomic mass is 32.1. The number of hydrogen-bond acceptors (Lipinski definition) is 4. The zero-order chi connectivity index (χ0) is 18.4. The number of carbonyl (C=O) groups excluding carboxylic acids is 1. The Bertz CT molecular complexity index is 697.